The number of hydrogen-bond donors (Lipinski definition) is 1. The number of carbonyl (C=O) groups is 1. The van der Waals surface area contributed by atoms with Gasteiger partial charge in [0, 0.05) is 44.0 Å². The minimum atomic E-state index is 0.0309. The maximum atomic E-state index is 12.2. The van der Waals surface area contributed by atoms with Gasteiger partial charge >= 0.3 is 0 Å². The van der Waals surface area contributed by atoms with Crippen molar-refractivity contribution < 1.29 is 4.79 Å². The van der Waals surface area contributed by atoms with Crippen molar-refractivity contribution in [3.8, 4) is 0 Å². The Morgan fingerprint density at radius 1 is 1.29 bits per heavy atom. The molecule has 1 aliphatic heterocycles. The van der Waals surface area contributed by atoms with Gasteiger partial charge in [-0.2, -0.15) is 5.10 Å². The molecule has 128 valence electrons. The molecule has 1 aromatic carbocycles. The summed E-state index contributed by atoms with van der Waals surface area (Å²) in [6.45, 7) is 5.92. The van der Waals surface area contributed by atoms with Crippen molar-refractivity contribution in [3.63, 3.8) is 0 Å². The van der Waals surface area contributed by atoms with Crippen LogP contribution in [0, 0.1) is 5.92 Å². The van der Waals surface area contributed by atoms with Gasteiger partial charge < -0.3 is 5.32 Å². The third kappa shape index (κ3) is 4.23. The summed E-state index contributed by atoms with van der Waals surface area (Å²) in [7, 11) is 1.94. The summed E-state index contributed by atoms with van der Waals surface area (Å²) < 4.78 is 1.84. The molecule has 1 saturated heterocycles. The van der Waals surface area contributed by atoms with Crippen molar-refractivity contribution >= 4 is 5.91 Å². The van der Waals surface area contributed by atoms with E-state index in [0.717, 1.165) is 44.6 Å². The fourth-order valence-electron chi connectivity index (χ4n) is 3.27. The molecule has 1 fully saturated rings. The van der Waals surface area contributed by atoms with E-state index >= 15 is 0 Å². The Morgan fingerprint density at radius 2 is 2.08 bits per heavy atom. The predicted molar refractivity (Wildman–Crippen MR) is 94.7 cm³/mol. The van der Waals surface area contributed by atoms with Crippen LogP contribution in [0.5, 0.6) is 0 Å². The Balaban J connectivity index is 1.44. The molecular formula is C19H26N4O. The number of benzene rings is 1. The summed E-state index contributed by atoms with van der Waals surface area (Å²) in [4.78, 5) is 14.7. The highest BCUT2D eigenvalue weighted by Gasteiger charge is 2.23. The summed E-state index contributed by atoms with van der Waals surface area (Å²) in [5.74, 6) is 0.559. The Bertz CT molecular complexity index is 677. The summed E-state index contributed by atoms with van der Waals surface area (Å²) in [5.41, 5.74) is 3.25. The second-order valence-corrected chi connectivity index (χ2v) is 6.67. The quantitative estimate of drug-likeness (QED) is 0.886. The molecule has 1 amide bonds. The SMILES string of the molecule is CCc1ccc(C(=O)NC[C@H]2CCN(Cc3cnn(C)c3)C2)cc1. The fourth-order valence-corrected chi connectivity index (χ4v) is 3.27. The first-order chi connectivity index (χ1) is 11.6. The highest BCUT2D eigenvalue weighted by Crippen LogP contribution is 2.18. The van der Waals surface area contributed by atoms with E-state index in [4.69, 9.17) is 0 Å². The fraction of sp³-hybridized carbons (Fsp3) is 0.474. The number of amides is 1. The first kappa shape index (κ1) is 16.7. The first-order valence-electron chi connectivity index (χ1n) is 8.71. The van der Waals surface area contributed by atoms with E-state index in [1.54, 1.807) is 0 Å². The minimum absolute atomic E-state index is 0.0309. The van der Waals surface area contributed by atoms with Gasteiger partial charge in [-0.1, -0.05) is 19.1 Å². The van der Waals surface area contributed by atoms with E-state index in [1.165, 1.54) is 11.1 Å². The van der Waals surface area contributed by atoms with Gasteiger partial charge in [-0.3, -0.25) is 14.4 Å². The Morgan fingerprint density at radius 3 is 2.75 bits per heavy atom. The molecule has 2 heterocycles. The van der Waals surface area contributed by atoms with Gasteiger partial charge in [-0.25, -0.2) is 0 Å². The summed E-state index contributed by atoms with van der Waals surface area (Å²) >= 11 is 0. The molecule has 2 aromatic rings. The van der Waals surface area contributed by atoms with Crippen molar-refractivity contribution in [1.82, 2.24) is 20.0 Å². The number of likely N-dealkylation sites (tertiary alicyclic amines) is 1. The van der Waals surface area contributed by atoms with Gasteiger partial charge in [0.15, 0.2) is 0 Å². The van der Waals surface area contributed by atoms with Crippen LogP contribution in [0.4, 0.5) is 0 Å². The molecule has 0 spiro atoms. The molecule has 0 unspecified atom stereocenters. The molecule has 5 heteroatoms. The zero-order chi connectivity index (χ0) is 16.9. The van der Waals surface area contributed by atoms with Crippen LogP contribution in [0.3, 0.4) is 0 Å². The number of aromatic nitrogens is 2. The number of hydrogen-bond acceptors (Lipinski definition) is 3. The van der Waals surface area contributed by atoms with Crippen LogP contribution in [0.1, 0.15) is 34.8 Å². The van der Waals surface area contributed by atoms with Crippen LogP contribution in [-0.2, 0) is 20.0 Å². The van der Waals surface area contributed by atoms with Gasteiger partial charge in [-0.05, 0) is 43.0 Å². The summed E-state index contributed by atoms with van der Waals surface area (Å²) in [5, 5.41) is 7.30. The van der Waals surface area contributed by atoms with Gasteiger partial charge in [-0.15, -0.1) is 0 Å². The highest BCUT2D eigenvalue weighted by molar-refractivity contribution is 5.94. The van der Waals surface area contributed by atoms with Crippen LogP contribution < -0.4 is 5.32 Å². The Hall–Kier alpha value is -2.14. The molecule has 0 radical (unpaired) electrons. The first-order valence-corrected chi connectivity index (χ1v) is 8.71. The smallest absolute Gasteiger partial charge is 0.251 e. The molecule has 24 heavy (non-hydrogen) atoms. The predicted octanol–water partition coefficient (Wildman–Crippen LogP) is 2.23. The lowest BCUT2D eigenvalue weighted by atomic mass is 10.1. The van der Waals surface area contributed by atoms with Crippen LogP contribution in [0.15, 0.2) is 36.7 Å². The minimum Gasteiger partial charge on any atom is -0.352 e. The monoisotopic (exact) mass is 326 g/mol. The standard InChI is InChI=1S/C19H26N4O/c1-3-15-4-6-18(7-5-15)19(24)20-10-16-8-9-23(13-16)14-17-11-21-22(2)12-17/h4-7,11-12,16H,3,8-10,13-14H2,1-2H3,(H,20,24)/t16-/m1/s1. The van der Waals surface area contributed by atoms with E-state index in [1.807, 2.05) is 42.2 Å². The van der Waals surface area contributed by atoms with Crippen LogP contribution >= 0.6 is 0 Å². The van der Waals surface area contributed by atoms with E-state index in [2.05, 4.69) is 28.4 Å². The third-order valence-corrected chi connectivity index (χ3v) is 4.71. The molecule has 3 rings (SSSR count). The van der Waals surface area contributed by atoms with Crippen LogP contribution in [0.2, 0.25) is 0 Å². The van der Waals surface area contributed by atoms with Gasteiger partial charge in [0.1, 0.15) is 0 Å². The molecular weight excluding hydrogens is 300 g/mol. The Labute approximate surface area is 143 Å². The largest absolute Gasteiger partial charge is 0.352 e. The van der Waals surface area contributed by atoms with Gasteiger partial charge in [0.25, 0.3) is 5.91 Å². The Kier molecular flexibility index (Phi) is 5.30. The van der Waals surface area contributed by atoms with Crippen LogP contribution in [-0.4, -0.2) is 40.2 Å². The highest BCUT2D eigenvalue weighted by atomic mass is 16.1. The topological polar surface area (TPSA) is 50.2 Å². The van der Waals surface area contributed by atoms with E-state index in [9.17, 15) is 4.79 Å². The molecule has 1 N–H and O–H groups in total. The lowest BCUT2D eigenvalue weighted by molar-refractivity contribution is 0.0947. The van der Waals surface area contributed by atoms with Crippen molar-refractivity contribution in [1.29, 1.82) is 0 Å². The normalized spacial score (nSPS) is 18.0. The maximum Gasteiger partial charge on any atom is 0.251 e. The average molecular weight is 326 g/mol. The van der Waals surface area contributed by atoms with Crippen LogP contribution in [0.25, 0.3) is 0 Å². The second-order valence-electron chi connectivity index (χ2n) is 6.67. The molecule has 0 aliphatic carbocycles. The van der Waals surface area contributed by atoms with Crippen molar-refractivity contribution in [2.75, 3.05) is 19.6 Å². The summed E-state index contributed by atoms with van der Waals surface area (Å²) in [6, 6.07) is 7.88. The second kappa shape index (κ2) is 7.62. The van der Waals surface area contributed by atoms with Gasteiger partial charge in [0.2, 0.25) is 0 Å². The molecule has 5 nitrogen and oxygen atoms in total. The van der Waals surface area contributed by atoms with Gasteiger partial charge in [0.05, 0.1) is 6.20 Å². The molecule has 0 bridgehead atoms. The molecule has 1 aromatic heterocycles. The number of aryl methyl sites for hydroxylation is 2. The van der Waals surface area contributed by atoms with E-state index in [0.29, 0.717) is 5.92 Å². The number of nitrogens with zero attached hydrogens (tertiary/aromatic N) is 3. The van der Waals surface area contributed by atoms with E-state index in [-0.39, 0.29) is 5.91 Å². The lowest BCUT2D eigenvalue weighted by Gasteiger charge is -2.15. The maximum absolute atomic E-state index is 12.2. The molecule has 1 atom stereocenters. The molecule has 0 saturated carbocycles. The molecule has 1 aliphatic rings. The zero-order valence-corrected chi connectivity index (χ0v) is 14.5. The lowest BCUT2D eigenvalue weighted by Crippen LogP contribution is -2.30. The van der Waals surface area contributed by atoms with Crippen molar-refractivity contribution in [2.45, 2.75) is 26.3 Å². The van der Waals surface area contributed by atoms with Crippen molar-refractivity contribution in [3.05, 3.63) is 53.3 Å². The average Bonchev–Trinajstić information content (AvgIpc) is 3.22. The number of carbonyl (C=O) groups excluding carboxylic acids is 1. The number of nitrogens with one attached hydrogen (secondary N) is 1. The zero-order valence-electron chi connectivity index (χ0n) is 14.5. The van der Waals surface area contributed by atoms with E-state index < -0.39 is 0 Å². The number of rotatable bonds is 6. The summed E-state index contributed by atoms with van der Waals surface area (Å²) in [6.07, 6.45) is 6.12. The third-order valence-electron chi connectivity index (χ3n) is 4.71. The van der Waals surface area contributed by atoms with Crippen molar-refractivity contribution in [2.24, 2.45) is 13.0 Å².